The molecule has 0 rings (SSSR count). The molecular weight excluding hydrogens is 398 g/mol. The van der Waals surface area contributed by atoms with E-state index >= 15 is 0 Å². The summed E-state index contributed by atoms with van der Waals surface area (Å²) in [6, 6.07) is -3.18. The zero-order valence-corrected chi connectivity index (χ0v) is 19.9. The molecule has 0 radical (unpaired) electrons. The number of hydrogen-bond donors (Lipinski definition) is 3. The van der Waals surface area contributed by atoms with Crippen LogP contribution in [0.3, 0.4) is 0 Å². The van der Waals surface area contributed by atoms with Gasteiger partial charge in [-0.3, -0.25) is 4.48 Å². The normalized spacial score (nSPS) is 16.5. The molecule has 0 aliphatic heterocycles. The van der Waals surface area contributed by atoms with Crippen molar-refractivity contribution < 1.29 is 34.2 Å². The molecule has 0 aliphatic carbocycles. The third kappa shape index (κ3) is 8.63. The molecule has 0 amide bonds. The molecule has 0 spiro atoms. The van der Waals surface area contributed by atoms with Crippen molar-refractivity contribution in [3.63, 3.8) is 0 Å². The van der Waals surface area contributed by atoms with E-state index in [2.05, 4.69) is 12.2 Å². The molecule has 0 saturated carbocycles. The Morgan fingerprint density at radius 3 is 1.35 bits per heavy atom. The molecule has 3 unspecified atom stereocenters. The van der Waals surface area contributed by atoms with Crippen molar-refractivity contribution in [2.75, 3.05) is 6.54 Å². The minimum atomic E-state index is -1.12. The Kier molecular flexibility index (Phi) is 14.9. The van der Waals surface area contributed by atoms with Crippen molar-refractivity contribution in [2.45, 2.75) is 116 Å². The fourth-order valence-electron chi connectivity index (χ4n) is 4.98. The average Bonchev–Trinajstić information content (AvgIpc) is 2.69. The van der Waals surface area contributed by atoms with E-state index in [1.807, 2.05) is 6.92 Å². The number of nitrogens with zero attached hydrogens (tertiary/aromatic N) is 1. The van der Waals surface area contributed by atoms with E-state index in [0.717, 1.165) is 32.1 Å². The lowest BCUT2D eigenvalue weighted by molar-refractivity contribution is -0.973. The van der Waals surface area contributed by atoms with E-state index in [-0.39, 0.29) is 25.8 Å². The summed E-state index contributed by atoms with van der Waals surface area (Å²) < 4.78 is -0.410. The van der Waals surface area contributed by atoms with Crippen molar-refractivity contribution in [1.29, 1.82) is 0 Å². The maximum absolute atomic E-state index is 12.1. The zero-order chi connectivity index (χ0) is 23.9. The Morgan fingerprint density at radius 1 is 0.677 bits per heavy atom. The van der Waals surface area contributed by atoms with Gasteiger partial charge in [0.15, 0.2) is 18.1 Å². The number of quaternary nitrogens is 1. The van der Waals surface area contributed by atoms with Crippen LogP contribution in [0.4, 0.5) is 0 Å². The van der Waals surface area contributed by atoms with Crippen LogP contribution < -0.4 is 0 Å². The highest BCUT2D eigenvalue weighted by molar-refractivity contribution is 5.78. The van der Waals surface area contributed by atoms with Crippen LogP contribution in [0.5, 0.6) is 0 Å². The van der Waals surface area contributed by atoms with Gasteiger partial charge in [-0.15, -0.1) is 0 Å². The maximum Gasteiger partial charge on any atom is 0.362 e. The minimum absolute atomic E-state index is 0.190. The van der Waals surface area contributed by atoms with Crippen LogP contribution >= 0.6 is 0 Å². The number of carboxylic acids is 3. The molecule has 0 aliphatic rings. The second-order valence-electron chi connectivity index (χ2n) is 8.34. The molecule has 31 heavy (non-hydrogen) atoms. The first kappa shape index (κ1) is 29.1. The molecular formula is C24H44NO6+. The number of aliphatic carboxylic acids is 3. The Labute approximate surface area is 187 Å². The second kappa shape index (κ2) is 15.8. The molecule has 0 fully saturated rings. The molecule has 3 atom stereocenters. The highest BCUT2D eigenvalue weighted by Gasteiger charge is 2.55. The van der Waals surface area contributed by atoms with Crippen molar-refractivity contribution in [1.82, 2.24) is 0 Å². The molecule has 7 heteroatoms. The van der Waals surface area contributed by atoms with E-state index in [1.54, 1.807) is 20.8 Å². The Hall–Kier alpha value is -1.89. The summed E-state index contributed by atoms with van der Waals surface area (Å²) in [5, 5.41) is 29.7. The highest BCUT2D eigenvalue weighted by Crippen LogP contribution is 2.32. The van der Waals surface area contributed by atoms with E-state index in [0.29, 0.717) is 6.42 Å². The number of unbranched alkanes of at least 4 members (excludes halogenated alkanes) is 7. The first-order valence-corrected chi connectivity index (χ1v) is 11.9. The van der Waals surface area contributed by atoms with Gasteiger partial charge < -0.3 is 15.3 Å². The van der Waals surface area contributed by atoms with Crippen LogP contribution in [-0.2, 0) is 14.4 Å². The highest BCUT2D eigenvalue weighted by atomic mass is 16.4. The standard InChI is InChI=1S/C24H43NO6/c1-5-9-10-11-12-13-14-15-16-17-18-25(19(6-2)22(26)27,20(7-3)23(28)29)21(8-4)24(30)31/h5,9,19-21H,6-8,10-18H2,1-4H3,(H2-,26,27,28,29,30,31)/p+1/b9-5+. The van der Waals surface area contributed by atoms with Gasteiger partial charge in [0.2, 0.25) is 0 Å². The molecule has 0 aromatic carbocycles. The number of hydrogen-bond acceptors (Lipinski definition) is 3. The van der Waals surface area contributed by atoms with Crippen molar-refractivity contribution in [3.8, 4) is 0 Å². The molecule has 7 nitrogen and oxygen atoms in total. The zero-order valence-electron chi connectivity index (χ0n) is 19.9. The van der Waals surface area contributed by atoms with Gasteiger partial charge in [0, 0.05) is 19.3 Å². The van der Waals surface area contributed by atoms with Gasteiger partial charge in [0.05, 0.1) is 6.54 Å². The molecule has 180 valence electrons. The van der Waals surface area contributed by atoms with Crippen LogP contribution in [0.25, 0.3) is 0 Å². The van der Waals surface area contributed by atoms with Gasteiger partial charge in [0.25, 0.3) is 0 Å². The van der Waals surface area contributed by atoms with Gasteiger partial charge in [-0.25, -0.2) is 14.4 Å². The fourth-order valence-corrected chi connectivity index (χ4v) is 4.98. The number of carboxylic acid groups (broad SMARTS) is 3. The minimum Gasteiger partial charge on any atom is -0.477 e. The fraction of sp³-hybridized carbons (Fsp3) is 0.792. The van der Waals surface area contributed by atoms with E-state index < -0.39 is 40.5 Å². The van der Waals surface area contributed by atoms with Crippen molar-refractivity contribution >= 4 is 17.9 Å². The van der Waals surface area contributed by atoms with Gasteiger partial charge in [-0.1, -0.05) is 58.6 Å². The molecule has 0 aromatic heterocycles. The lowest BCUT2D eigenvalue weighted by Crippen LogP contribution is -2.72. The summed E-state index contributed by atoms with van der Waals surface area (Å²) in [5.41, 5.74) is 0. The van der Waals surface area contributed by atoms with Crippen LogP contribution in [0.2, 0.25) is 0 Å². The predicted molar refractivity (Wildman–Crippen MR) is 122 cm³/mol. The predicted octanol–water partition coefficient (Wildman–Crippen LogP) is 5.09. The molecule has 0 bridgehead atoms. The summed E-state index contributed by atoms with van der Waals surface area (Å²) in [5.74, 6) is -3.37. The third-order valence-electron chi connectivity index (χ3n) is 6.41. The quantitative estimate of drug-likeness (QED) is 0.146. The Balaban J connectivity index is 5.45. The van der Waals surface area contributed by atoms with Crippen LogP contribution in [0.1, 0.15) is 98.3 Å². The van der Waals surface area contributed by atoms with Crippen LogP contribution in [0.15, 0.2) is 12.2 Å². The van der Waals surface area contributed by atoms with E-state index in [4.69, 9.17) is 0 Å². The number of rotatable bonds is 19. The SMILES string of the molecule is C/C=C/CCCCCCCCC[N+](C(CC)C(=O)O)(C(CC)C(=O)O)C(CC)C(=O)O. The van der Waals surface area contributed by atoms with E-state index in [1.165, 1.54) is 12.8 Å². The number of allylic oxidation sites excluding steroid dienone is 2. The molecule has 0 heterocycles. The van der Waals surface area contributed by atoms with Crippen LogP contribution in [-0.4, -0.2) is 62.4 Å². The molecule has 0 saturated heterocycles. The monoisotopic (exact) mass is 442 g/mol. The summed E-state index contributed by atoms with van der Waals surface area (Å²) >= 11 is 0. The maximum atomic E-state index is 12.1. The second-order valence-corrected chi connectivity index (χ2v) is 8.34. The Bertz CT molecular complexity index is 519. The first-order valence-electron chi connectivity index (χ1n) is 11.9. The summed E-state index contributed by atoms with van der Waals surface area (Å²) in [7, 11) is 0. The summed E-state index contributed by atoms with van der Waals surface area (Å²) in [6.07, 6.45) is 12.9. The van der Waals surface area contributed by atoms with E-state index in [9.17, 15) is 29.7 Å². The largest absolute Gasteiger partial charge is 0.477 e. The smallest absolute Gasteiger partial charge is 0.362 e. The van der Waals surface area contributed by atoms with Gasteiger partial charge in [0.1, 0.15) is 0 Å². The van der Waals surface area contributed by atoms with Crippen LogP contribution in [0, 0.1) is 0 Å². The number of carbonyl (C=O) groups is 3. The summed E-state index contributed by atoms with van der Waals surface area (Å²) in [4.78, 5) is 36.4. The van der Waals surface area contributed by atoms with Crippen molar-refractivity contribution in [2.24, 2.45) is 0 Å². The third-order valence-corrected chi connectivity index (χ3v) is 6.41. The van der Waals surface area contributed by atoms with Crippen molar-refractivity contribution in [3.05, 3.63) is 12.2 Å². The molecule has 3 N–H and O–H groups in total. The Morgan fingerprint density at radius 2 is 1.03 bits per heavy atom. The van der Waals surface area contributed by atoms with Gasteiger partial charge >= 0.3 is 17.9 Å². The average molecular weight is 443 g/mol. The molecule has 0 aromatic rings. The topological polar surface area (TPSA) is 112 Å². The lowest BCUT2D eigenvalue weighted by Gasteiger charge is -2.49. The summed E-state index contributed by atoms with van der Waals surface area (Å²) in [6.45, 7) is 7.36. The van der Waals surface area contributed by atoms with Gasteiger partial charge in [-0.2, -0.15) is 0 Å². The lowest BCUT2D eigenvalue weighted by atomic mass is 9.93. The van der Waals surface area contributed by atoms with Gasteiger partial charge in [-0.05, 0) is 32.6 Å². The first-order chi connectivity index (χ1) is 14.7.